The fourth-order valence-corrected chi connectivity index (χ4v) is 3.95. The van der Waals surface area contributed by atoms with E-state index in [9.17, 15) is 4.39 Å². The second-order valence-corrected chi connectivity index (χ2v) is 6.81. The van der Waals surface area contributed by atoms with Gasteiger partial charge in [0.05, 0.1) is 17.3 Å². The number of nitrogens with zero attached hydrogens (tertiary/aromatic N) is 3. The third kappa shape index (κ3) is 2.83. The first-order chi connectivity index (χ1) is 11.7. The van der Waals surface area contributed by atoms with Crippen molar-refractivity contribution in [3.05, 3.63) is 52.4 Å². The largest absolute Gasteiger partial charge is 0.344 e. The van der Waals surface area contributed by atoms with Gasteiger partial charge in [-0.1, -0.05) is 6.07 Å². The van der Waals surface area contributed by atoms with Gasteiger partial charge in [-0.05, 0) is 62.8 Å². The fourth-order valence-electron chi connectivity index (χ4n) is 3.95. The van der Waals surface area contributed by atoms with E-state index in [2.05, 4.69) is 9.88 Å². The zero-order chi connectivity index (χ0) is 16.5. The topological polar surface area (TPSA) is 55.7 Å². The predicted molar refractivity (Wildman–Crippen MR) is 88.7 cm³/mol. The number of aromatic nitrogens is 2. The summed E-state index contributed by atoms with van der Waals surface area (Å²) < 4.78 is 13.5. The number of imidazole rings is 1. The van der Waals surface area contributed by atoms with Gasteiger partial charge in [0.1, 0.15) is 17.7 Å². The summed E-state index contributed by atoms with van der Waals surface area (Å²) in [4.78, 5) is 10.8. The van der Waals surface area contributed by atoms with E-state index in [4.69, 9.17) is 10.2 Å². The lowest BCUT2D eigenvalue weighted by Gasteiger charge is -2.23. The lowest BCUT2D eigenvalue weighted by atomic mass is 10.0. The number of rotatable bonds is 3. The molecule has 1 aromatic heterocycles. The maximum Gasteiger partial charge on any atom is 0.140 e. The third-order valence-corrected chi connectivity index (χ3v) is 5.19. The number of hydrogen-bond acceptors (Lipinski definition) is 3. The zero-order valence-corrected chi connectivity index (χ0v) is 13.7. The molecule has 0 amide bonds. The summed E-state index contributed by atoms with van der Waals surface area (Å²) in [5.41, 5.74) is 3.67. The molecule has 1 aliphatic carbocycles. The van der Waals surface area contributed by atoms with Crippen LogP contribution in [0.4, 0.5) is 4.39 Å². The number of hydrogen-bond donors (Lipinski definition) is 1. The van der Waals surface area contributed by atoms with Gasteiger partial charge in [-0.3, -0.25) is 4.90 Å². The zero-order valence-electron chi connectivity index (χ0n) is 13.7. The van der Waals surface area contributed by atoms with Crippen molar-refractivity contribution in [2.24, 2.45) is 0 Å². The molecule has 0 bridgehead atoms. The van der Waals surface area contributed by atoms with Crippen molar-refractivity contribution in [2.75, 3.05) is 6.54 Å². The molecule has 0 unspecified atom stereocenters. The van der Waals surface area contributed by atoms with Crippen LogP contribution in [0.25, 0.3) is 0 Å². The number of nitrogens with one attached hydrogen (secondary N) is 1. The Bertz CT molecular complexity index is 766. The minimum absolute atomic E-state index is 0.122. The lowest BCUT2D eigenvalue weighted by Crippen LogP contribution is -2.23. The van der Waals surface area contributed by atoms with Crippen molar-refractivity contribution in [1.29, 1.82) is 5.26 Å². The molecule has 2 heterocycles. The number of nitriles is 1. The maximum atomic E-state index is 13.5. The monoisotopic (exact) mass is 324 g/mol. The molecule has 4 nitrogen and oxygen atoms in total. The summed E-state index contributed by atoms with van der Waals surface area (Å²) >= 11 is 0. The van der Waals surface area contributed by atoms with E-state index in [0.717, 1.165) is 50.2 Å². The highest BCUT2D eigenvalue weighted by Gasteiger charge is 2.29. The number of fused-ring (bicyclic) bond motifs is 1. The molecule has 5 heteroatoms. The van der Waals surface area contributed by atoms with E-state index in [1.807, 2.05) is 6.07 Å². The molecule has 1 saturated heterocycles. The van der Waals surface area contributed by atoms with Crippen LogP contribution in [0.15, 0.2) is 18.2 Å². The second kappa shape index (κ2) is 6.37. The van der Waals surface area contributed by atoms with Crippen molar-refractivity contribution in [1.82, 2.24) is 14.9 Å². The van der Waals surface area contributed by atoms with E-state index < -0.39 is 5.82 Å². The number of halogens is 1. The molecule has 2 aliphatic rings. The Morgan fingerprint density at radius 3 is 3.00 bits per heavy atom. The number of H-pyrrole nitrogens is 1. The fraction of sp³-hybridized carbons (Fsp3) is 0.474. The van der Waals surface area contributed by atoms with Crippen molar-refractivity contribution >= 4 is 0 Å². The highest BCUT2D eigenvalue weighted by Crippen LogP contribution is 2.33. The first-order valence-electron chi connectivity index (χ1n) is 8.75. The van der Waals surface area contributed by atoms with E-state index >= 15 is 0 Å². The SMILES string of the molecule is N#Cc1cc(CN2CCC[C@H]2c2nc3c([nH]2)CCCC3)ccc1F. The summed E-state index contributed by atoms with van der Waals surface area (Å²) in [5, 5.41) is 9.01. The van der Waals surface area contributed by atoms with Gasteiger partial charge in [-0.25, -0.2) is 9.37 Å². The first kappa shape index (κ1) is 15.3. The molecule has 0 spiro atoms. The van der Waals surface area contributed by atoms with Crippen LogP contribution in [0, 0.1) is 17.1 Å². The van der Waals surface area contributed by atoms with Crippen molar-refractivity contribution in [2.45, 2.75) is 51.1 Å². The average molecular weight is 324 g/mol. The number of likely N-dealkylation sites (tertiary alicyclic amines) is 1. The maximum absolute atomic E-state index is 13.5. The molecule has 0 saturated carbocycles. The normalized spacial score (nSPS) is 20.8. The molecule has 4 rings (SSSR count). The van der Waals surface area contributed by atoms with Gasteiger partial charge in [0.25, 0.3) is 0 Å². The summed E-state index contributed by atoms with van der Waals surface area (Å²) in [6.45, 7) is 1.74. The van der Waals surface area contributed by atoms with E-state index in [1.165, 1.54) is 30.3 Å². The molecular formula is C19H21FN4. The van der Waals surface area contributed by atoms with Gasteiger partial charge in [0, 0.05) is 12.2 Å². The minimum Gasteiger partial charge on any atom is -0.344 e. The van der Waals surface area contributed by atoms with Crippen molar-refractivity contribution < 1.29 is 4.39 Å². The minimum atomic E-state index is -0.446. The summed E-state index contributed by atoms with van der Waals surface area (Å²) in [6.07, 6.45) is 6.91. The summed E-state index contributed by atoms with van der Waals surface area (Å²) in [6, 6.07) is 7.06. The molecule has 1 aromatic carbocycles. The van der Waals surface area contributed by atoms with Crippen molar-refractivity contribution in [3.63, 3.8) is 0 Å². The lowest BCUT2D eigenvalue weighted by molar-refractivity contribution is 0.240. The molecule has 1 N–H and O–H groups in total. The van der Waals surface area contributed by atoms with Gasteiger partial charge in [0.15, 0.2) is 0 Å². The molecule has 1 atom stereocenters. The smallest absolute Gasteiger partial charge is 0.140 e. The van der Waals surface area contributed by atoms with E-state index in [-0.39, 0.29) is 5.56 Å². The molecule has 0 radical (unpaired) electrons. The Kier molecular flexibility index (Phi) is 4.07. The Labute approximate surface area is 141 Å². The second-order valence-electron chi connectivity index (χ2n) is 6.81. The average Bonchev–Trinajstić information content (AvgIpc) is 3.22. The Morgan fingerprint density at radius 1 is 1.29 bits per heavy atom. The van der Waals surface area contributed by atoms with Gasteiger partial charge in [-0.2, -0.15) is 5.26 Å². The number of benzene rings is 1. The number of aryl methyl sites for hydroxylation is 2. The van der Waals surface area contributed by atoms with Gasteiger partial charge < -0.3 is 4.98 Å². The molecule has 1 aliphatic heterocycles. The summed E-state index contributed by atoms with van der Waals surface area (Å²) in [7, 11) is 0. The number of aromatic amines is 1. The highest BCUT2D eigenvalue weighted by atomic mass is 19.1. The van der Waals surface area contributed by atoms with Gasteiger partial charge in [-0.15, -0.1) is 0 Å². The van der Waals surface area contributed by atoms with Crippen LogP contribution in [0.1, 0.15) is 60.1 Å². The van der Waals surface area contributed by atoms with Crippen molar-refractivity contribution in [3.8, 4) is 6.07 Å². The molecule has 124 valence electrons. The standard InChI is InChI=1S/C19H21FN4/c20-15-8-7-13(10-14(15)11-21)12-24-9-3-6-18(24)19-22-16-4-1-2-5-17(16)23-19/h7-8,10,18H,1-6,9,12H2,(H,22,23)/t18-/m0/s1. The first-order valence-corrected chi connectivity index (χ1v) is 8.75. The van der Waals surface area contributed by atoms with Crippen LogP contribution < -0.4 is 0 Å². The van der Waals surface area contributed by atoms with Gasteiger partial charge >= 0.3 is 0 Å². The molecule has 2 aromatic rings. The molecule has 1 fully saturated rings. The Morgan fingerprint density at radius 2 is 2.17 bits per heavy atom. The van der Waals surface area contributed by atoms with Crippen LogP contribution in [0.5, 0.6) is 0 Å². The molecule has 24 heavy (non-hydrogen) atoms. The third-order valence-electron chi connectivity index (χ3n) is 5.19. The quantitative estimate of drug-likeness (QED) is 0.938. The van der Waals surface area contributed by atoms with Crippen LogP contribution in [-0.2, 0) is 19.4 Å². The molecular weight excluding hydrogens is 303 g/mol. The summed E-state index contributed by atoms with van der Waals surface area (Å²) in [5.74, 6) is 0.639. The Balaban J connectivity index is 1.55. The van der Waals surface area contributed by atoms with Gasteiger partial charge in [0.2, 0.25) is 0 Å². The van der Waals surface area contributed by atoms with Crippen LogP contribution in [0.2, 0.25) is 0 Å². The van der Waals surface area contributed by atoms with Crippen LogP contribution in [0.3, 0.4) is 0 Å². The highest BCUT2D eigenvalue weighted by molar-refractivity contribution is 5.34. The van der Waals surface area contributed by atoms with E-state index in [0.29, 0.717) is 6.04 Å². The predicted octanol–water partition coefficient (Wildman–Crippen LogP) is 3.64. The van der Waals surface area contributed by atoms with Crippen LogP contribution in [-0.4, -0.2) is 21.4 Å². The van der Waals surface area contributed by atoms with Crippen LogP contribution >= 0.6 is 0 Å². The Hall–Kier alpha value is -2.19. The van der Waals surface area contributed by atoms with E-state index in [1.54, 1.807) is 12.1 Å².